The second-order valence-corrected chi connectivity index (χ2v) is 7.48. The predicted octanol–water partition coefficient (Wildman–Crippen LogP) is -0.277. The number of carboxylic acids is 3. The molecule has 0 amide bonds. The van der Waals surface area contributed by atoms with Crippen molar-refractivity contribution in [3.05, 3.63) is 31.5 Å². The highest BCUT2D eigenvalue weighted by molar-refractivity contribution is 5.76. The fourth-order valence-electron chi connectivity index (χ4n) is 4.09. The van der Waals surface area contributed by atoms with Gasteiger partial charge in [-0.25, -0.2) is 42.5 Å². The highest BCUT2D eigenvalue weighted by Gasteiger charge is 2.52. The first-order valence-corrected chi connectivity index (χ1v) is 11.4. The molecule has 15 nitrogen and oxygen atoms in total. The van der Waals surface area contributed by atoms with Crippen LogP contribution in [0.5, 0.6) is 0 Å². The van der Waals surface area contributed by atoms with E-state index >= 15 is 0 Å². The Morgan fingerprint density at radius 1 is 0.556 bits per heavy atom. The van der Waals surface area contributed by atoms with E-state index in [0.717, 1.165) is 0 Å². The highest BCUT2D eigenvalue weighted by Crippen LogP contribution is 2.25. The Morgan fingerprint density at radius 3 is 0.861 bits per heavy atom. The van der Waals surface area contributed by atoms with E-state index in [-0.39, 0.29) is 33.5 Å². The first-order chi connectivity index (χ1) is 16.8. The van der Waals surface area contributed by atoms with Gasteiger partial charge in [0.1, 0.15) is 0 Å². The van der Waals surface area contributed by atoms with Gasteiger partial charge in [-0.05, 0) is 20.8 Å². The van der Waals surface area contributed by atoms with Crippen molar-refractivity contribution in [1.82, 2.24) is 13.7 Å². The van der Waals surface area contributed by atoms with E-state index in [1.165, 1.54) is 41.5 Å². The summed E-state index contributed by atoms with van der Waals surface area (Å²) in [7, 11) is 0. The molecule has 0 aliphatic carbocycles. The van der Waals surface area contributed by atoms with Crippen molar-refractivity contribution in [3.63, 3.8) is 0 Å². The lowest BCUT2D eigenvalue weighted by Crippen LogP contribution is -2.71. The lowest BCUT2D eigenvalue weighted by molar-refractivity contribution is -0.197. The molecule has 3 unspecified atom stereocenters. The number of nitrogens with zero attached hydrogens (tertiary/aromatic N) is 3. The Kier molecular flexibility index (Phi) is 9.92. The van der Waals surface area contributed by atoms with Crippen LogP contribution in [0.1, 0.15) is 60.8 Å². The van der Waals surface area contributed by atoms with Crippen LogP contribution in [-0.2, 0) is 45.8 Å². The van der Waals surface area contributed by atoms with Crippen LogP contribution in [0.4, 0.5) is 0 Å². The minimum atomic E-state index is -2.73. The van der Waals surface area contributed by atoms with Crippen LogP contribution in [0.25, 0.3) is 0 Å². The van der Waals surface area contributed by atoms with Crippen LogP contribution >= 0.6 is 0 Å². The van der Waals surface area contributed by atoms with Crippen molar-refractivity contribution in [1.29, 1.82) is 0 Å². The SMILES string of the molecule is CCOC(CC)(C(=O)O)n1c(=O)n(C(CC)(OCC)C(=O)O)c(=O)n(C(CC)(OCC)C(=O)O)c1=O. The lowest BCUT2D eigenvalue weighted by Gasteiger charge is -2.36. The van der Waals surface area contributed by atoms with Crippen LogP contribution in [0.3, 0.4) is 0 Å². The van der Waals surface area contributed by atoms with Gasteiger partial charge in [-0.15, -0.1) is 0 Å². The maximum atomic E-state index is 13.7. The molecule has 1 aromatic heterocycles. The van der Waals surface area contributed by atoms with Crippen molar-refractivity contribution < 1.29 is 43.9 Å². The summed E-state index contributed by atoms with van der Waals surface area (Å²) in [6, 6.07) is 0. The van der Waals surface area contributed by atoms with Gasteiger partial charge in [0.15, 0.2) is 0 Å². The quantitative estimate of drug-likeness (QED) is 0.274. The Morgan fingerprint density at radius 2 is 0.750 bits per heavy atom. The molecule has 3 N–H and O–H groups in total. The summed E-state index contributed by atoms with van der Waals surface area (Å²) in [5.41, 5.74) is -13.2. The zero-order valence-electron chi connectivity index (χ0n) is 21.1. The normalized spacial score (nSPS) is 16.5. The van der Waals surface area contributed by atoms with Gasteiger partial charge in [0.05, 0.1) is 0 Å². The predicted molar refractivity (Wildman–Crippen MR) is 122 cm³/mol. The summed E-state index contributed by atoms with van der Waals surface area (Å²) in [5.74, 6) is -5.44. The fraction of sp³-hybridized carbons (Fsp3) is 0.714. The molecule has 0 spiro atoms. The number of carbonyl (C=O) groups is 3. The molecule has 0 saturated heterocycles. The minimum absolute atomic E-state index is 0.0268. The van der Waals surface area contributed by atoms with Crippen LogP contribution in [0, 0.1) is 0 Å². The molecule has 0 aromatic carbocycles. The standard InChI is InChI=1S/C21H33N3O12/c1-7-19(13(25)26,34-10-4)22-16(31)23(20(8-2,14(27)28)35-11-5)18(33)24(17(22)32)21(9-3,15(29)30)36-12-6/h7-12H2,1-6H3,(H,25,26)(H,27,28)(H,29,30). The summed E-state index contributed by atoms with van der Waals surface area (Å²) in [6.07, 6.45) is -1.61. The van der Waals surface area contributed by atoms with Gasteiger partial charge in [0.2, 0.25) is 0 Å². The Hall–Kier alpha value is -3.30. The largest absolute Gasteiger partial charge is 0.478 e. The number of rotatable bonds is 15. The molecule has 0 radical (unpaired) electrons. The van der Waals surface area contributed by atoms with Crippen molar-refractivity contribution in [2.24, 2.45) is 0 Å². The van der Waals surface area contributed by atoms with Crippen LogP contribution in [0.15, 0.2) is 14.4 Å². The van der Waals surface area contributed by atoms with E-state index in [0.29, 0.717) is 0 Å². The second kappa shape index (κ2) is 11.6. The van der Waals surface area contributed by atoms with Crippen LogP contribution in [-0.4, -0.2) is 66.7 Å². The summed E-state index contributed by atoms with van der Waals surface area (Å²) >= 11 is 0. The van der Waals surface area contributed by atoms with Gasteiger partial charge >= 0.3 is 35.0 Å². The Balaban J connectivity index is 4.77. The highest BCUT2D eigenvalue weighted by atomic mass is 16.6. The third kappa shape index (κ3) is 4.49. The zero-order valence-corrected chi connectivity index (χ0v) is 21.1. The molecule has 36 heavy (non-hydrogen) atoms. The Bertz CT molecular complexity index is 995. The van der Waals surface area contributed by atoms with Crippen molar-refractivity contribution >= 4 is 17.9 Å². The van der Waals surface area contributed by atoms with Crippen molar-refractivity contribution in [3.8, 4) is 0 Å². The molecule has 0 aliphatic heterocycles. The second-order valence-electron chi connectivity index (χ2n) is 7.48. The number of ether oxygens (including phenoxy) is 3. The zero-order chi connectivity index (χ0) is 28.1. The van der Waals surface area contributed by atoms with Crippen molar-refractivity contribution in [2.75, 3.05) is 19.8 Å². The molecule has 0 aliphatic rings. The van der Waals surface area contributed by atoms with Gasteiger partial charge in [-0.2, -0.15) is 0 Å². The smallest absolute Gasteiger partial charge is 0.358 e. The van der Waals surface area contributed by atoms with Gasteiger partial charge < -0.3 is 29.5 Å². The monoisotopic (exact) mass is 519 g/mol. The maximum Gasteiger partial charge on any atom is 0.358 e. The van der Waals surface area contributed by atoms with Gasteiger partial charge in [0, 0.05) is 39.1 Å². The van der Waals surface area contributed by atoms with Crippen molar-refractivity contribution in [2.45, 2.75) is 78.0 Å². The molecule has 1 heterocycles. The van der Waals surface area contributed by atoms with E-state index < -0.39 is 71.4 Å². The first-order valence-electron chi connectivity index (χ1n) is 11.4. The first kappa shape index (κ1) is 30.7. The topological polar surface area (TPSA) is 206 Å². The summed E-state index contributed by atoms with van der Waals surface area (Å²) in [4.78, 5) is 78.3. The number of hydrogen-bond acceptors (Lipinski definition) is 9. The minimum Gasteiger partial charge on any atom is -0.478 e. The molecule has 1 aromatic rings. The number of hydrogen-bond donors (Lipinski definition) is 3. The van der Waals surface area contributed by atoms with Crippen LogP contribution in [0.2, 0.25) is 0 Å². The lowest BCUT2D eigenvalue weighted by atomic mass is 10.1. The van der Waals surface area contributed by atoms with Gasteiger partial charge in [0.25, 0.3) is 17.2 Å². The Labute approximate surface area is 205 Å². The van der Waals surface area contributed by atoms with E-state index in [1.807, 2.05) is 0 Å². The number of carboxylic acid groups (broad SMARTS) is 3. The molecular weight excluding hydrogens is 486 g/mol. The molecule has 3 atom stereocenters. The molecule has 0 fully saturated rings. The van der Waals surface area contributed by atoms with E-state index in [4.69, 9.17) is 14.2 Å². The third-order valence-corrected chi connectivity index (χ3v) is 5.82. The van der Waals surface area contributed by atoms with Gasteiger partial charge in [-0.1, -0.05) is 20.8 Å². The maximum absolute atomic E-state index is 13.7. The summed E-state index contributed by atoms with van der Waals surface area (Å²) in [6.45, 7) is 7.00. The number of aromatic nitrogens is 3. The molecule has 204 valence electrons. The summed E-state index contributed by atoms with van der Waals surface area (Å²) < 4.78 is 16.1. The molecule has 15 heteroatoms. The van der Waals surface area contributed by atoms with Crippen LogP contribution < -0.4 is 17.1 Å². The molecular formula is C21H33N3O12. The van der Waals surface area contributed by atoms with E-state index in [2.05, 4.69) is 0 Å². The number of aliphatic carboxylic acids is 3. The average Bonchev–Trinajstić information content (AvgIpc) is 2.81. The molecule has 0 bridgehead atoms. The third-order valence-electron chi connectivity index (χ3n) is 5.82. The van der Waals surface area contributed by atoms with Gasteiger partial charge in [-0.3, -0.25) is 0 Å². The van der Waals surface area contributed by atoms with E-state index in [9.17, 15) is 44.1 Å². The summed E-state index contributed by atoms with van der Waals surface area (Å²) in [5, 5.41) is 30.1. The van der Waals surface area contributed by atoms with E-state index in [1.54, 1.807) is 0 Å². The fourth-order valence-corrected chi connectivity index (χ4v) is 4.09. The molecule has 0 saturated carbocycles. The molecule has 1 rings (SSSR count). The average molecular weight is 520 g/mol.